The summed E-state index contributed by atoms with van der Waals surface area (Å²) in [6.07, 6.45) is 0.416. The second-order valence-corrected chi connectivity index (χ2v) is 5.49. The molecule has 0 fully saturated rings. The lowest BCUT2D eigenvalue weighted by atomic mass is 10.2. The number of rotatable bonds is 5. The quantitative estimate of drug-likeness (QED) is 0.827. The molecule has 114 valence electrons. The number of hydrogen-bond acceptors (Lipinski definition) is 4. The second kappa shape index (κ2) is 8.45. The third-order valence-corrected chi connectivity index (χ3v) is 3.63. The summed E-state index contributed by atoms with van der Waals surface area (Å²) < 4.78 is 0. The Bertz CT molecular complexity index is 555. The molecular weight excluding hydrogens is 288 g/mol. The van der Waals surface area contributed by atoms with Crippen LogP contribution in [0.1, 0.15) is 28.6 Å². The topological polar surface area (TPSA) is 60.9 Å². The number of carbonyl (C=O) groups is 2. The zero-order valence-electron chi connectivity index (χ0n) is 12.5. The van der Waals surface area contributed by atoms with Crippen LogP contribution < -0.4 is 0 Å². The van der Waals surface area contributed by atoms with Gasteiger partial charge in [0.15, 0.2) is 0 Å². The van der Waals surface area contributed by atoms with E-state index in [0.29, 0.717) is 18.5 Å². The van der Waals surface area contributed by atoms with Gasteiger partial charge in [0, 0.05) is 32.4 Å². The molecule has 5 nitrogen and oxygen atoms in total. The largest absolute Gasteiger partial charge is 0.395 e. The standard InChI is InChI=1S/C15H20N2O3S/c1-4-17(10-14(19)16(2)3)15(20)12-9-13(21-11-12)7-5-6-8-18/h9,11,18H,4,6,8,10H2,1-3H3. The summed E-state index contributed by atoms with van der Waals surface area (Å²) in [5.74, 6) is 5.44. The second-order valence-electron chi connectivity index (χ2n) is 4.58. The van der Waals surface area contributed by atoms with Crippen LogP contribution in [0.4, 0.5) is 0 Å². The van der Waals surface area contributed by atoms with Crippen molar-refractivity contribution in [2.45, 2.75) is 13.3 Å². The van der Waals surface area contributed by atoms with Gasteiger partial charge >= 0.3 is 0 Å². The van der Waals surface area contributed by atoms with Crippen molar-refractivity contribution in [3.05, 3.63) is 21.9 Å². The van der Waals surface area contributed by atoms with E-state index >= 15 is 0 Å². The van der Waals surface area contributed by atoms with E-state index in [2.05, 4.69) is 11.8 Å². The highest BCUT2D eigenvalue weighted by Gasteiger charge is 2.19. The maximum atomic E-state index is 12.4. The van der Waals surface area contributed by atoms with Gasteiger partial charge in [0.05, 0.1) is 23.6 Å². The Morgan fingerprint density at radius 1 is 1.38 bits per heavy atom. The number of amides is 2. The van der Waals surface area contributed by atoms with Gasteiger partial charge < -0.3 is 14.9 Å². The van der Waals surface area contributed by atoms with E-state index in [4.69, 9.17) is 5.11 Å². The molecule has 0 aliphatic carbocycles. The van der Waals surface area contributed by atoms with E-state index in [0.717, 1.165) is 4.88 Å². The Labute approximate surface area is 129 Å². The predicted octanol–water partition coefficient (Wildman–Crippen LogP) is 1.03. The molecular formula is C15H20N2O3S. The fraction of sp³-hybridized carbons (Fsp3) is 0.467. The summed E-state index contributed by atoms with van der Waals surface area (Å²) in [4.78, 5) is 27.8. The average molecular weight is 308 g/mol. The van der Waals surface area contributed by atoms with E-state index in [-0.39, 0.29) is 25.0 Å². The van der Waals surface area contributed by atoms with Crippen molar-refractivity contribution in [2.75, 3.05) is 33.8 Å². The maximum Gasteiger partial charge on any atom is 0.255 e. The zero-order valence-corrected chi connectivity index (χ0v) is 13.4. The molecule has 0 aliphatic rings. The van der Waals surface area contributed by atoms with Crippen LogP contribution in [0.25, 0.3) is 0 Å². The smallest absolute Gasteiger partial charge is 0.255 e. The Hall–Kier alpha value is -1.84. The minimum absolute atomic E-state index is 0.0282. The Balaban J connectivity index is 2.77. The molecule has 1 heterocycles. The molecule has 0 unspecified atom stereocenters. The summed E-state index contributed by atoms with van der Waals surface area (Å²) in [7, 11) is 3.33. The predicted molar refractivity (Wildman–Crippen MR) is 83.2 cm³/mol. The molecule has 1 rings (SSSR count). The monoisotopic (exact) mass is 308 g/mol. The highest BCUT2D eigenvalue weighted by molar-refractivity contribution is 7.10. The van der Waals surface area contributed by atoms with E-state index in [9.17, 15) is 9.59 Å². The van der Waals surface area contributed by atoms with Gasteiger partial charge in [0.1, 0.15) is 0 Å². The third-order valence-electron chi connectivity index (χ3n) is 2.79. The SMILES string of the molecule is CCN(CC(=O)N(C)C)C(=O)c1csc(C#CCCO)c1. The van der Waals surface area contributed by atoms with Crippen molar-refractivity contribution in [1.29, 1.82) is 0 Å². The molecule has 0 saturated heterocycles. The lowest BCUT2D eigenvalue weighted by molar-refractivity contribution is -0.129. The van der Waals surface area contributed by atoms with Gasteiger partial charge in [-0.1, -0.05) is 11.8 Å². The lowest BCUT2D eigenvalue weighted by Gasteiger charge is -2.21. The van der Waals surface area contributed by atoms with E-state index in [1.807, 2.05) is 6.92 Å². The highest BCUT2D eigenvalue weighted by atomic mass is 32.1. The first-order chi connectivity index (χ1) is 9.99. The summed E-state index contributed by atoms with van der Waals surface area (Å²) in [5.41, 5.74) is 0.543. The molecule has 0 atom stereocenters. The molecule has 1 N–H and O–H groups in total. The molecule has 0 radical (unpaired) electrons. The molecule has 1 aromatic rings. The number of aliphatic hydroxyl groups excluding tert-OH is 1. The molecule has 0 aliphatic heterocycles. The van der Waals surface area contributed by atoms with Gasteiger partial charge in [-0.05, 0) is 13.0 Å². The van der Waals surface area contributed by atoms with Crippen LogP contribution in [0.5, 0.6) is 0 Å². The summed E-state index contributed by atoms with van der Waals surface area (Å²) >= 11 is 1.38. The van der Waals surface area contributed by atoms with Crippen molar-refractivity contribution < 1.29 is 14.7 Å². The lowest BCUT2D eigenvalue weighted by Crippen LogP contribution is -2.40. The number of aliphatic hydroxyl groups is 1. The summed E-state index contributed by atoms with van der Waals surface area (Å²) in [6.45, 7) is 2.42. The zero-order chi connectivity index (χ0) is 15.8. The number of nitrogens with zero attached hydrogens (tertiary/aromatic N) is 2. The Kier molecular flexibility index (Phi) is 6.92. The number of likely N-dealkylation sites (N-methyl/N-ethyl adjacent to an activating group) is 2. The van der Waals surface area contributed by atoms with Gasteiger partial charge in [-0.2, -0.15) is 0 Å². The highest BCUT2D eigenvalue weighted by Crippen LogP contribution is 2.15. The fourth-order valence-electron chi connectivity index (χ4n) is 1.53. The van der Waals surface area contributed by atoms with Crippen LogP contribution in [0.15, 0.2) is 11.4 Å². The van der Waals surface area contributed by atoms with Crippen LogP contribution in [0.3, 0.4) is 0 Å². The molecule has 21 heavy (non-hydrogen) atoms. The first-order valence-electron chi connectivity index (χ1n) is 6.67. The molecule has 2 amide bonds. The van der Waals surface area contributed by atoms with Crippen LogP contribution in [-0.2, 0) is 4.79 Å². The molecule has 0 aromatic carbocycles. The van der Waals surface area contributed by atoms with Gasteiger partial charge in [-0.25, -0.2) is 0 Å². The van der Waals surface area contributed by atoms with Gasteiger partial charge in [-0.3, -0.25) is 9.59 Å². The number of carbonyl (C=O) groups excluding carboxylic acids is 2. The number of hydrogen-bond donors (Lipinski definition) is 1. The summed E-state index contributed by atoms with van der Waals surface area (Å²) in [6, 6.07) is 1.72. The third kappa shape index (κ3) is 5.21. The molecule has 0 spiro atoms. The molecule has 0 bridgehead atoms. The van der Waals surface area contributed by atoms with Crippen LogP contribution in [-0.4, -0.2) is 60.5 Å². The van der Waals surface area contributed by atoms with E-state index in [1.54, 1.807) is 25.5 Å². The molecule has 0 saturated carbocycles. The number of thiophene rings is 1. The first-order valence-corrected chi connectivity index (χ1v) is 7.55. The van der Waals surface area contributed by atoms with Gasteiger partial charge in [-0.15, -0.1) is 11.3 Å². The van der Waals surface area contributed by atoms with Crippen molar-refractivity contribution in [3.8, 4) is 11.8 Å². The minimum atomic E-state index is -0.167. The fourth-order valence-corrected chi connectivity index (χ4v) is 2.28. The Morgan fingerprint density at radius 3 is 2.67 bits per heavy atom. The first kappa shape index (κ1) is 17.2. The van der Waals surface area contributed by atoms with Gasteiger partial charge in [0.25, 0.3) is 5.91 Å². The average Bonchev–Trinajstić information content (AvgIpc) is 2.92. The minimum Gasteiger partial charge on any atom is -0.395 e. The van der Waals surface area contributed by atoms with Crippen molar-refractivity contribution in [3.63, 3.8) is 0 Å². The van der Waals surface area contributed by atoms with Crippen molar-refractivity contribution in [2.24, 2.45) is 0 Å². The van der Waals surface area contributed by atoms with Crippen LogP contribution >= 0.6 is 11.3 Å². The molecule has 6 heteroatoms. The molecule has 1 aromatic heterocycles. The maximum absolute atomic E-state index is 12.4. The van der Waals surface area contributed by atoms with Crippen LogP contribution in [0, 0.1) is 11.8 Å². The van der Waals surface area contributed by atoms with E-state index < -0.39 is 0 Å². The summed E-state index contributed by atoms with van der Waals surface area (Å²) in [5, 5.41) is 10.4. The normalized spacial score (nSPS) is 9.71. The van der Waals surface area contributed by atoms with E-state index in [1.165, 1.54) is 21.1 Å². The Morgan fingerprint density at radius 2 is 2.10 bits per heavy atom. The van der Waals surface area contributed by atoms with Crippen LogP contribution in [0.2, 0.25) is 0 Å². The van der Waals surface area contributed by atoms with Gasteiger partial charge in [0.2, 0.25) is 5.91 Å². The van der Waals surface area contributed by atoms with Crippen molar-refractivity contribution >= 4 is 23.2 Å². The van der Waals surface area contributed by atoms with Crippen molar-refractivity contribution in [1.82, 2.24) is 9.80 Å².